The van der Waals surface area contributed by atoms with Crippen molar-refractivity contribution in [2.45, 2.75) is 13.0 Å². The molecule has 100 valence electrons. The highest BCUT2D eigenvalue weighted by Gasteiger charge is 2.07. The molecular formula is C13H10BrF2NOS. The highest BCUT2D eigenvalue weighted by molar-refractivity contribution is 9.10. The third kappa shape index (κ3) is 4.11. The van der Waals surface area contributed by atoms with Gasteiger partial charge in [-0.3, -0.25) is 4.79 Å². The Labute approximate surface area is 121 Å². The van der Waals surface area contributed by atoms with Gasteiger partial charge in [0.1, 0.15) is 0 Å². The van der Waals surface area contributed by atoms with E-state index in [1.807, 2.05) is 11.4 Å². The van der Waals surface area contributed by atoms with Crippen molar-refractivity contribution in [1.29, 1.82) is 0 Å². The summed E-state index contributed by atoms with van der Waals surface area (Å²) < 4.78 is 26.7. The van der Waals surface area contributed by atoms with Crippen LogP contribution in [0.1, 0.15) is 10.4 Å². The highest BCUT2D eigenvalue weighted by atomic mass is 79.9. The van der Waals surface area contributed by atoms with Gasteiger partial charge in [-0.2, -0.15) is 0 Å². The molecule has 0 spiro atoms. The van der Waals surface area contributed by atoms with E-state index < -0.39 is 11.6 Å². The van der Waals surface area contributed by atoms with Crippen LogP contribution in [0.25, 0.3) is 0 Å². The second kappa shape index (κ2) is 6.25. The fraction of sp³-hybridized carbons (Fsp3) is 0.154. The van der Waals surface area contributed by atoms with Crippen LogP contribution in [0.3, 0.4) is 0 Å². The van der Waals surface area contributed by atoms with Crippen LogP contribution in [0.2, 0.25) is 0 Å². The molecule has 0 aliphatic carbocycles. The number of hydrogen-bond donors (Lipinski definition) is 1. The summed E-state index contributed by atoms with van der Waals surface area (Å²) in [5, 5.41) is 4.66. The van der Waals surface area contributed by atoms with Crippen LogP contribution < -0.4 is 5.32 Å². The lowest BCUT2D eigenvalue weighted by Crippen LogP contribution is -2.24. The summed E-state index contributed by atoms with van der Waals surface area (Å²) in [7, 11) is 0. The zero-order valence-electron chi connectivity index (χ0n) is 9.75. The molecule has 0 atom stereocenters. The van der Waals surface area contributed by atoms with Gasteiger partial charge in [0.2, 0.25) is 5.91 Å². The van der Waals surface area contributed by atoms with Crippen LogP contribution in [-0.4, -0.2) is 5.91 Å². The molecule has 0 aliphatic heterocycles. The molecule has 19 heavy (non-hydrogen) atoms. The summed E-state index contributed by atoms with van der Waals surface area (Å²) in [6.07, 6.45) is 0.0315. The Kier molecular flexibility index (Phi) is 4.66. The molecule has 0 saturated heterocycles. The Bertz CT molecular complexity index is 600. The summed E-state index contributed by atoms with van der Waals surface area (Å²) in [5.74, 6) is -2.07. The zero-order valence-corrected chi connectivity index (χ0v) is 12.2. The zero-order chi connectivity index (χ0) is 13.8. The van der Waals surface area contributed by atoms with Gasteiger partial charge in [-0.25, -0.2) is 8.78 Å². The second-order valence-corrected chi connectivity index (χ2v) is 5.84. The second-order valence-electron chi connectivity index (χ2n) is 3.93. The molecule has 0 aliphatic rings. The summed E-state index contributed by atoms with van der Waals surface area (Å²) in [5.41, 5.74) is 0.448. The Morgan fingerprint density at radius 2 is 2.05 bits per heavy atom. The minimum absolute atomic E-state index is 0.0315. The summed E-state index contributed by atoms with van der Waals surface area (Å²) >= 11 is 4.86. The van der Waals surface area contributed by atoms with E-state index in [0.29, 0.717) is 12.1 Å². The van der Waals surface area contributed by atoms with E-state index >= 15 is 0 Å². The molecule has 2 rings (SSSR count). The Morgan fingerprint density at radius 1 is 1.26 bits per heavy atom. The molecule has 1 aromatic carbocycles. The minimum atomic E-state index is -0.938. The molecule has 0 unspecified atom stereocenters. The van der Waals surface area contributed by atoms with E-state index in [1.165, 1.54) is 17.4 Å². The first-order valence-corrected chi connectivity index (χ1v) is 7.15. The molecule has 1 amide bonds. The Morgan fingerprint density at radius 3 is 2.68 bits per heavy atom. The number of hydrogen-bond acceptors (Lipinski definition) is 2. The predicted octanol–water partition coefficient (Wildman–Crippen LogP) is 3.65. The van der Waals surface area contributed by atoms with Crippen molar-refractivity contribution in [3.8, 4) is 0 Å². The first kappa shape index (κ1) is 14.1. The van der Waals surface area contributed by atoms with E-state index in [4.69, 9.17) is 0 Å². The number of carbonyl (C=O) groups excluding carboxylic acids is 1. The molecule has 6 heteroatoms. The van der Waals surface area contributed by atoms with Crippen LogP contribution in [-0.2, 0) is 17.8 Å². The molecular weight excluding hydrogens is 336 g/mol. The average Bonchev–Trinajstić information content (AvgIpc) is 2.77. The lowest BCUT2D eigenvalue weighted by Gasteiger charge is -2.04. The van der Waals surface area contributed by atoms with Crippen LogP contribution >= 0.6 is 27.3 Å². The van der Waals surface area contributed by atoms with Crippen LogP contribution in [0, 0.1) is 11.6 Å². The van der Waals surface area contributed by atoms with Crippen molar-refractivity contribution in [2.75, 3.05) is 0 Å². The lowest BCUT2D eigenvalue weighted by molar-refractivity contribution is -0.120. The molecule has 0 radical (unpaired) electrons. The Hall–Kier alpha value is -1.27. The van der Waals surface area contributed by atoms with E-state index in [0.717, 1.165) is 21.5 Å². The van der Waals surface area contributed by atoms with Crippen molar-refractivity contribution in [2.24, 2.45) is 0 Å². The van der Waals surface area contributed by atoms with Gasteiger partial charge < -0.3 is 5.32 Å². The molecule has 2 aromatic rings. The lowest BCUT2D eigenvalue weighted by atomic mass is 10.1. The smallest absolute Gasteiger partial charge is 0.224 e. The fourth-order valence-corrected chi connectivity index (χ4v) is 2.92. The van der Waals surface area contributed by atoms with E-state index in [9.17, 15) is 13.6 Å². The SMILES string of the molecule is O=C(Cc1ccc(F)c(F)c1)NCc1cc(Br)cs1. The first-order chi connectivity index (χ1) is 9.04. The van der Waals surface area contributed by atoms with Gasteiger partial charge in [0.05, 0.1) is 13.0 Å². The van der Waals surface area contributed by atoms with Gasteiger partial charge in [0.15, 0.2) is 11.6 Å². The average molecular weight is 346 g/mol. The van der Waals surface area contributed by atoms with Crippen molar-refractivity contribution >= 4 is 33.2 Å². The van der Waals surface area contributed by atoms with Crippen LogP contribution in [0.4, 0.5) is 8.78 Å². The van der Waals surface area contributed by atoms with Gasteiger partial charge in [-0.1, -0.05) is 6.07 Å². The number of rotatable bonds is 4. The van der Waals surface area contributed by atoms with E-state index in [2.05, 4.69) is 21.2 Å². The normalized spacial score (nSPS) is 10.5. The number of halogens is 3. The number of carbonyl (C=O) groups is 1. The number of benzene rings is 1. The summed E-state index contributed by atoms with van der Waals surface area (Å²) in [4.78, 5) is 12.7. The third-order valence-electron chi connectivity index (χ3n) is 2.43. The molecule has 0 fully saturated rings. The van der Waals surface area contributed by atoms with Gasteiger partial charge in [0, 0.05) is 14.7 Å². The van der Waals surface area contributed by atoms with Crippen molar-refractivity contribution < 1.29 is 13.6 Å². The van der Waals surface area contributed by atoms with Crippen LogP contribution in [0.5, 0.6) is 0 Å². The van der Waals surface area contributed by atoms with Gasteiger partial charge in [-0.15, -0.1) is 11.3 Å². The molecule has 0 saturated carbocycles. The quantitative estimate of drug-likeness (QED) is 0.900. The van der Waals surface area contributed by atoms with Crippen molar-refractivity contribution in [3.05, 3.63) is 56.2 Å². The van der Waals surface area contributed by atoms with Gasteiger partial charge in [-0.05, 0) is 39.7 Å². The molecule has 1 N–H and O–H groups in total. The Balaban J connectivity index is 1.88. The third-order valence-corrected chi connectivity index (χ3v) is 4.13. The predicted molar refractivity (Wildman–Crippen MR) is 73.9 cm³/mol. The maximum atomic E-state index is 13.0. The number of nitrogens with one attached hydrogen (secondary N) is 1. The maximum Gasteiger partial charge on any atom is 0.224 e. The summed E-state index contributed by atoms with van der Waals surface area (Å²) in [6.45, 7) is 0.429. The van der Waals surface area contributed by atoms with Gasteiger partial charge in [0.25, 0.3) is 0 Å². The van der Waals surface area contributed by atoms with Crippen molar-refractivity contribution in [3.63, 3.8) is 0 Å². The monoisotopic (exact) mass is 345 g/mol. The summed E-state index contributed by atoms with van der Waals surface area (Å²) in [6, 6.07) is 5.38. The molecule has 1 aromatic heterocycles. The maximum absolute atomic E-state index is 13.0. The van der Waals surface area contributed by atoms with Crippen molar-refractivity contribution in [1.82, 2.24) is 5.32 Å². The standard InChI is InChI=1S/C13H10BrF2NOS/c14-9-5-10(19-7-9)6-17-13(18)4-8-1-2-11(15)12(16)3-8/h1-3,5,7H,4,6H2,(H,17,18). The van der Waals surface area contributed by atoms with Crippen LogP contribution in [0.15, 0.2) is 34.1 Å². The fourth-order valence-electron chi connectivity index (χ4n) is 1.53. The molecule has 0 bridgehead atoms. The largest absolute Gasteiger partial charge is 0.351 e. The highest BCUT2D eigenvalue weighted by Crippen LogP contribution is 2.19. The molecule has 1 heterocycles. The minimum Gasteiger partial charge on any atom is -0.351 e. The molecule has 2 nitrogen and oxygen atoms in total. The van der Waals surface area contributed by atoms with Gasteiger partial charge >= 0.3 is 0 Å². The number of amides is 1. The topological polar surface area (TPSA) is 29.1 Å². The van der Waals surface area contributed by atoms with E-state index in [-0.39, 0.29) is 12.3 Å². The van der Waals surface area contributed by atoms with E-state index in [1.54, 1.807) is 0 Å². The first-order valence-electron chi connectivity index (χ1n) is 5.48. The number of thiophene rings is 1.